The fourth-order valence-corrected chi connectivity index (χ4v) is 6.14. The van der Waals surface area contributed by atoms with Gasteiger partial charge in [-0.05, 0) is 59.7 Å². The second-order valence-corrected chi connectivity index (χ2v) is 11.3. The average Bonchev–Trinajstić information content (AvgIpc) is 3.05. The van der Waals surface area contributed by atoms with Crippen molar-refractivity contribution >= 4 is 11.8 Å². The molecule has 4 aromatic carbocycles. The van der Waals surface area contributed by atoms with Crippen LogP contribution >= 0.6 is 0 Å². The molecule has 222 valence electrons. The van der Waals surface area contributed by atoms with Crippen molar-refractivity contribution in [2.75, 3.05) is 26.2 Å². The molecule has 0 saturated carbocycles. The lowest BCUT2D eigenvalue weighted by atomic mass is 9.93. The number of rotatable bonds is 11. The van der Waals surface area contributed by atoms with Crippen molar-refractivity contribution in [2.24, 2.45) is 5.73 Å². The largest absolute Gasteiger partial charge is 0.351 e. The number of nitrogens with one attached hydrogen (secondary N) is 1. The molecule has 5 rings (SSSR count). The summed E-state index contributed by atoms with van der Waals surface area (Å²) >= 11 is 0. The maximum Gasteiger partial charge on any atom is 0.251 e. The molecule has 1 aliphatic heterocycles. The highest BCUT2D eigenvalue weighted by Gasteiger charge is 2.32. The molecule has 0 spiro atoms. The van der Waals surface area contributed by atoms with Gasteiger partial charge >= 0.3 is 0 Å². The molecular weight excluding hydrogens is 532 g/mol. The number of hydrogen-bond donors (Lipinski definition) is 2. The summed E-state index contributed by atoms with van der Waals surface area (Å²) in [6.07, 6.45) is 2.24. The monoisotopic (exact) mass is 574 g/mol. The Morgan fingerprint density at radius 2 is 1.51 bits per heavy atom. The minimum Gasteiger partial charge on any atom is -0.351 e. The van der Waals surface area contributed by atoms with Crippen molar-refractivity contribution < 1.29 is 9.59 Å². The van der Waals surface area contributed by atoms with Gasteiger partial charge in [0.2, 0.25) is 5.91 Å². The Balaban J connectivity index is 1.39. The lowest BCUT2D eigenvalue weighted by molar-refractivity contribution is -0.136. The highest BCUT2D eigenvalue weighted by Crippen LogP contribution is 2.32. The van der Waals surface area contributed by atoms with E-state index < -0.39 is 0 Å². The number of benzene rings is 4. The molecule has 1 fully saturated rings. The number of likely N-dealkylation sites (tertiary alicyclic amines) is 1. The number of carbonyl (C=O) groups excluding carboxylic acids is 2. The maximum atomic E-state index is 14.0. The molecule has 43 heavy (non-hydrogen) atoms. The van der Waals surface area contributed by atoms with Crippen LogP contribution in [0.4, 0.5) is 0 Å². The molecule has 1 unspecified atom stereocenters. The van der Waals surface area contributed by atoms with Crippen molar-refractivity contribution in [1.82, 2.24) is 15.1 Å². The van der Waals surface area contributed by atoms with Gasteiger partial charge in [0, 0.05) is 44.3 Å². The SMILES string of the molecule is CC(c1cccc(-c2ccccc2C(=O)NCCN)c1)N(C(=O)Cc1ccccc1)C1CCN(Cc2ccccc2)CC1. The van der Waals surface area contributed by atoms with E-state index in [1.54, 1.807) is 0 Å². The summed E-state index contributed by atoms with van der Waals surface area (Å²) in [6, 6.07) is 36.5. The van der Waals surface area contributed by atoms with E-state index in [9.17, 15) is 9.59 Å². The number of hydrogen-bond acceptors (Lipinski definition) is 4. The van der Waals surface area contributed by atoms with Crippen LogP contribution in [0.25, 0.3) is 11.1 Å². The summed E-state index contributed by atoms with van der Waals surface area (Å²) in [7, 11) is 0. The first-order valence-corrected chi connectivity index (χ1v) is 15.3. The van der Waals surface area contributed by atoms with Gasteiger partial charge in [0.05, 0.1) is 12.5 Å². The minimum atomic E-state index is -0.138. The van der Waals surface area contributed by atoms with Crippen LogP contribution in [-0.2, 0) is 17.8 Å². The molecule has 1 atom stereocenters. The number of nitrogens with zero attached hydrogens (tertiary/aromatic N) is 2. The molecular formula is C37H42N4O2. The van der Waals surface area contributed by atoms with Gasteiger partial charge in [-0.1, -0.05) is 97.1 Å². The molecule has 4 aromatic rings. The Morgan fingerprint density at radius 1 is 0.860 bits per heavy atom. The standard InChI is InChI=1S/C37H42N4O2/c1-28(31-15-10-16-32(26-31)34-17-8-9-18-35(34)37(43)39-22-21-38)41(36(42)25-29-11-4-2-5-12-29)33-19-23-40(24-20-33)27-30-13-6-3-7-14-30/h2-18,26,28,33H,19-25,27,38H2,1H3,(H,39,43). The van der Waals surface area contributed by atoms with Crippen LogP contribution in [0.3, 0.4) is 0 Å². The molecule has 1 aliphatic rings. The molecule has 0 aliphatic carbocycles. The molecule has 6 heteroatoms. The first-order chi connectivity index (χ1) is 21.0. The third kappa shape index (κ3) is 7.78. The third-order valence-electron chi connectivity index (χ3n) is 8.38. The average molecular weight is 575 g/mol. The van der Waals surface area contributed by atoms with Crippen LogP contribution in [0.2, 0.25) is 0 Å². The Labute approximate surface area is 255 Å². The van der Waals surface area contributed by atoms with E-state index in [1.807, 2.05) is 66.7 Å². The number of carbonyl (C=O) groups is 2. The number of nitrogens with two attached hydrogens (primary N) is 1. The zero-order valence-corrected chi connectivity index (χ0v) is 25.0. The minimum absolute atomic E-state index is 0.125. The molecule has 6 nitrogen and oxygen atoms in total. The van der Waals surface area contributed by atoms with Crippen LogP contribution in [0, 0.1) is 0 Å². The van der Waals surface area contributed by atoms with Crippen molar-refractivity contribution in [3.63, 3.8) is 0 Å². The Bertz CT molecular complexity index is 1480. The zero-order chi connectivity index (χ0) is 30.0. The van der Waals surface area contributed by atoms with Gasteiger partial charge < -0.3 is 16.0 Å². The van der Waals surface area contributed by atoms with Crippen LogP contribution in [0.15, 0.2) is 109 Å². The maximum absolute atomic E-state index is 14.0. The summed E-state index contributed by atoms with van der Waals surface area (Å²) in [5.74, 6) is 0.00797. The zero-order valence-electron chi connectivity index (χ0n) is 25.0. The van der Waals surface area contributed by atoms with E-state index >= 15 is 0 Å². The van der Waals surface area contributed by atoms with Gasteiger partial charge in [-0.15, -0.1) is 0 Å². The highest BCUT2D eigenvalue weighted by atomic mass is 16.2. The van der Waals surface area contributed by atoms with E-state index in [1.165, 1.54) is 5.56 Å². The third-order valence-corrected chi connectivity index (χ3v) is 8.38. The van der Waals surface area contributed by atoms with Gasteiger partial charge in [0.25, 0.3) is 5.91 Å². The molecule has 1 saturated heterocycles. The van der Waals surface area contributed by atoms with Gasteiger partial charge in [-0.25, -0.2) is 0 Å². The molecule has 0 aromatic heterocycles. The van der Waals surface area contributed by atoms with Crippen LogP contribution < -0.4 is 11.1 Å². The Hall–Kier alpha value is -4.26. The first-order valence-electron chi connectivity index (χ1n) is 15.3. The summed E-state index contributed by atoms with van der Waals surface area (Å²) in [5, 5.41) is 2.89. The van der Waals surface area contributed by atoms with E-state index in [0.717, 1.165) is 54.7 Å². The van der Waals surface area contributed by atoms with Gasteiger partial charge in [-0.2, -0.15) is 0 Å². The van der Waals surface area contributed by atoms with Crippen molar-refractivity contribution in [3.8, 4) is 11.1 Å². The van der Waals surface area contributed by atoms with E-state index in [4.69, 9.17) is 5.73 Å². The normalized spacial score (nSPS) is 14.7. The first kappa shape index (κ1) is 30.2. The molecule has 0 radical (unpaired) electrons. The highest BCUT2D eigenvalue weighted by molar-refractivity contribution is 6.00. The molecule has 0 bridgehead atoms. The fourth-order valence-electron chi connectivity index (χ4n) is 6.14. The van der Waals surface area contributed by atoms with E-state index in [-0.39, 0.29) is 23.9 Å². The van der Waals surface area contributed by atoms with E-state index in [0.29, 0.717) is 25.1 Å². The van der Waals surface area contributed by atoms with Crippen LogP contribution in [0.5, 0.6) is 0 Å². The number of amides is 2. The van der Waals surface area contributed by atoms with Gasteiger partial charge in [0.1, 0.15) is 0 Å². The summed E-state index contributed by atoms with van der Waals surface area (Å²) in [5.41, 5.74) is 11.4. The summed E-state index contributed by atoms with van der Waals surface area (Å²) < 4.78 is 0. The Morgan fingerprint density at radius 3 is 2.21 bits per heavy atom. The predicted molar refractivity (Wildman–Crippen MR) is 173 cm³/mol. The molecule has 3 N–H and O–H groups in total. The second-order valence-electron chi connectivity index (χ2n) is 11.3. The lowest BCUT2D eigenvalue weighted by Crippen LogP contribution is -2.48. The Kier molecular flexibility index (Phi) is 10.4. The van der Waals surface area contributed by atoms with Crippen LogP contribution in [-0.4, -0.2) is 53.8 Å². The summed E-state index contributed by atoms with van der Waals surface area (Å²) in [4.78, 5) is 31.6. The second kappa shape index (κ2) is 14.8. The van der Waals surface area contributed by atoms with Crippen molar-refractivity contribution in [3.05, 3.63) is 131 Å². The van der Waals surface area contributed by atoms with Crippen molar-refractivity contribution in [2.45, 2.75) is 44.8 Å². The fraction of sp³-hybridized carbons (Fsp3) is 0.297. The van der Waals surface area contributed by atoms with Crippen molar-refractivity contribution in [1.29, 1.82) is 0 Å². The topological polar surface area (TPSA) is 78.7 Å². The molecule has 1 heterocycles. The quantitative estimate of drug-likeness (QED) is 0.236. The predicted octanol–water partition coefficient (Wildman–Crippen LogP) is 5.84. The van der Waals surface area contributed by atoms with Gasteiger partial charge in [-0.3, -0.25) is 14.5 Å². The number of piperidine rings is 1. The molecule has 2 amide bonds. The van der Waals surface area contributed by atoms with E-state index in [2.05, 4.69) is 64.5 Å². The van der Waals surface area contributed by atoms with Gasteiger partial charge in [0.15, 0.2) is 0 Å². The smallest absolute Gasteiger partial charge is 0.251 e. The lowest BCUT2D eigenvalue weighted by Gasteiger charge is -2.42. The van der Waals surface area contributed by atoms with Crippen LogP contribution in [0.1, 0.15) is 52.9 Å². The summed E-state index contributed by atoms with van der Waals surface area (Å²) in [6.45, 7) is 5.78.